The van der Waals surface area contributed by atoms with E-state index in [-0.39, 0.29) is 0 Å². The monoisotopic (exact) mass is 385 g/mol. The number of morpholine rings is 1. The van der Waals surface area contributed by atoms with Crippen LogP contribution >= 0.6 is 0 Å². The van der Waals surface area contributed by atoms with Crippen LogP contribution in [0.15, 0.2) is 48.5 Å². The molecule has 2 aromatic rings. The lowest BCUT2D eigenvalue weighted by Crippen LogP contribution is -2.40. The Hall–Kier alpha value is -2.77. The summed E-state index contributed by atoms with van der Waals surface area (Å²) in [6, 6.07) is 14.4. The molecule has 0 aliphatic carbocycles. The van der Waals surface area contributed by atoms with Gasteiger partial charge in [0.15, 0.2) is 17.6 Å². The summed E-state index contributed by atoms with van der Waals surface area (Å²) in [4.78, 5) is 14.1. The molecule has 0 saturated carbocycles. The van der Waals surface area contributed by atoms with Gasteiger partial charge in [0, 0.05) is 25.2 Å². The summed E-state index contributed by atoms with van der Waals surface area (Å²) in [5, 5.41) is 9.67. The molecule has 2 heterocycles. The summed E-state index contributed by atoms with van der Waals surface area (Å²) in [5.74, 6) is 0.475. The first-order valence-corrected chi connectivity index (χ1v) is 9.39. The maximum absolute atomic E-state index is 11.8. The third kappa shape index (κ3) is 4.05. The third-order valence-electron chi connectivity index (χ3n) is 4.87. The Morgan fingerprint density at radius 2 is 1.71 bits per heavy atom. The normalized spacial score (nSPS) is 21.9. The van der Waals surface area contributed by atoms with Crippen molar-refractivity contribution >= 4 is 5.97 Å². The van der Waals surface area contributed by atoms with Crippen molar-refractivity contribution in [2.45, 2.75) is 12.2 Å². The number of rotatable bonds is 6. The van der Waals surface area contributed by atoms with Gasteiger partial charge >= 0.3 is 5.97 Å². The predicted molar refractivity (Wildman–Crippen MR) is 101 cm³/mol. The molecule has 2 aliphatic rings. The minimum absolute atomic E-state index is 0.428. The van der Waals surface area contributed by atoms with Crippen molar-refractivity contribution in [1.29, 1.82) is 0 Å². The predicted octanol–water partition coefficient (Wildman–Crippen LogP) is 2.36. The molecule has 2 unspecified atom stereocenters. The molecule has 148 valence electrons. The smallest absolute Gasteiger partial charge is 0.349 e. The Labute approximate surface area is 163 Å². The number of fused-ring (bicyclic) bond motifs is 1. The van der Waals surface area contributed by atoms with Crippen molar-refractivity contribution in [1.82, 2.24) is 4.90 Å². The minimum Gasteiger partial charge on any atom is -0.492 e. The first-order chi connectivity index (χ1) is 13.7. The second kappa shape index (κ2) is 8.50. The van der Waals surface area contributed by atoms with Crippen LogP contribution in [0.5, 0.6) is 17.2 Å². The van der Waals surface area contributed by atoms with Crippen LogP contribution < -0.4 is 14.2 Å². The summed E-state index contributed by atoms with van der Waals surface area (Å²) in [5.41, 5.74) is 0.659. The van der Waals surface area contributed by atoms with Crippen molar-refractivity contribution in [2.75, 3.05) is 39.5 Å². The molecule has 2 aliphatic heterocycles. The largest absolute Gasteiger partial charge is 0.492 e. The standard InChI is InChI=1S/C21H23NO6/c23-21(24)20-19(27-17-7-3-4-8-18(17)28-20)15-5-1-2-6-16(15)26-14-11-22-9-12-25-13-10-22/h1-8,19-20H,9-14H2,(H,23,24). The fourth-order valence-electron chi connectivity index (χ4n) is 3.41. The highest BCUT2D eigenvalue weighted by molar-refractivity contribution is 5.75. The topological polar surface area (TPSA) is 77.5 Å². The minimum atomic E-state index is -1.15. The van der Waals surface area contributed by atoms with Gasteiger partial charge in [-0.3, -0.25) is 4.90 Å². The highest BCUT2D eigenvalue weighted by atomic mass is 16.6. The summed E-state index contributed by atoms with van der Waals surface area (Å²) >= 11 is 0. The molecule has 1 N–H and O–H groups in total. The van der Waals surface area contributed by atoms with Crippen LogP contribution in [-0.2, 0) is 9.53 Å². The van der Waals surface area contributed by atoms with E-state index in [1.165, 1.54) is 0 Å². The molecule has 4 rings (SSSR count). The van der Waals surface area contributed by atoms with Gasteiger partial charge in [0.1, 0.15) is 12.4 Å². The molecule has 1 saturated heterocycles. The summed E-state index contributed by atoms with van der Waals surface area (Å²) < 4.78 is 23.1. The molecule has 1 fully saturated rings. The molecule has 2 aromatic carbocycles. The first-order valence-electron chi connectivity index (χ1n) is 9.39. The van der Waals surface area contributed by atoms with E-state index in [1.54, 1.807) is 18.2 Å². The number of hydrogen-bond donors (Lipinski definition) is 1. The van der Waals surface area contributed by atoms with Crippen LogP contribution in [0.2, 0.25) is 0 Å². The molecular weight excluding hydrogens is 362 g/mol. The van der Waals surface area contributed by atoms with Gasteiger partial charge in [-0.2, -0.15) is 0 Å². The Morgan fingerprint density at radius 3 is 2.46 bits per heavy atom. The highest BCUT2D eigenvalue weighted by Crippen LogP contribution is 2.41. The summed E-state index contributed by atoms with van der Waals surface area (Å²) in [6.45, 7) is 4.54. The van der Waals surface area contributed by atoms with Crippen LogP contribution in [-0.4, -0.2) is 61.5 Å². The van der Waals surface area contributed by atoms with Gasteiger partial charge in [-0.1, -0.05) is 30.3 Å². The number of carboxylic acid groups (broad SMARTS) is 1. The van der Waals surface area contributed by atoms with E-state index in [4.69, 9.17) is 18.9 Å². The quantitative estimate of drug-likeness (QED) is 0.818. The van der Waals surface area contributed by atoms with Gasteiger partial charge in [0.25, 0.3) is 0 Å². The number of para-hydroxylation sites is 3. The average molecular weight is 385 g/mol. The molecule has 0 radical (unpaired) electrons. The molecule has 0 aromatic heterocycles. The average Bonchev–Trinajstić information content (AvgIpc) is 2.74. The molecule has 0 spiro atoms. The number of carboxylic acids is 1. The second-order valence-corrected chi connectivity index (χ2v) is 6.70. The highest BCUT2D eigenvalue weighted by Gasteiger charge is 2.39. The maximum atomic E-state index is 11.8. The van der Waals surface area contributed by atoms with Crippen molar-refractivity contribution in [3.63, 3.8) is 0 Å². The molecular formula is C21H23NO6. The number of ether oxygens (including phenoxy) is 4. The molecule has 0 bridgehead atoms. The Kier molecular flexibility index (Phi) is 5.64. The van der Waals surface area contributed by atoms with E-state index in [1.807, 2.05) is 30.3 Å². The Morgan fingerprint density at radius 1 is 1.04 bits per heavy atom. The van der Waals surface area contributed by atoms with Gasteiger partial charge in [-0.25, -0.2) is 4.79 Å². The van der Waals surface area contributed by atoms with Gasteiger partial charge in [-0.05, 0) is 18.2 Å². The van der Waals surface area contributed by atoms with Crippen LogP contribution in [0, 0.1) is 0 Å². The van der Waals surface area contributed by atoms with Gasteiger partial charge in [-0.15, -0.1) is 0 Å². The molecule has 28 heavy (non-hydrogen) atoms. The van der Waals surface area contributed by atoms with E-state index in [9.17, 15) is 9.90 Å². The zero-order chi connectivity index (χ0) is 19.3. The van der Waals surface area contributed by atoms with Crippen molar-refractivity contribution < 1.29 is 28.8 Å². The fraction of sp³-hybridized carbons (Fsp3) is 0.381. The lowest BCUT2D eigenvalue weighted by molar-refractivity contribution is -0.151. The summed E-state index contributed by atoms with van der Waals surface area (Å²) in [6.07, 6.45) is -1.95. The number of carbonyl (C=O) groups is 1. The van der Waals surface area contributed by atoms with E-state index < -0.39 is 18.2 Å². The zero-order valence-electron chi connectivity index (χ0n) is 15.5. The molecule has 7 heteroatoms. The van der Waals surface area contributed by atoms with Crippen LogP contribution in [0.1, 0.15) is 11.7 Å². The Balaban J connectivity index is 1.52. The molecule has 2 atom stereocenters. The van der Waals surface area contributed by atoms with Crippen LogP contribution in [0.25, 0.3) is 0 Å². The Bertz CT molecular complexity index is 820. The maximum Gasteiger partial charge on any atom is 0.349 e. The van der Waals surface area contributed by atoms with E-state index in [0.29, 0.717) is 29.4 Å². The van der Waals surface area contributed by atoms with E-state index in [2.05, 4.69) is 4.90 Å². The van der Waals surface area contributed by atoms with Crippen molar-refractivity contribution in [2.24, 2.45) is 0 Å². The lowest BCUT2D eigenvalue weighted by Gasteiger charge is -2.32. The number of benzene rings is 2. The van der Waals surface area contributed by atoms with E-state index >= 15 is 0 Å². The third-order valence-corrected chi connectivity index (χ3v) is 4.87. The first kappa shape index (κ1) is 18.6. The van der Waals surface area contributed by atoms with Gasteiger partial charge < -0.3 is 24.1 Å². The fourth-order valence-corrected chi connectivity index (χ4v) is 3.41. The number of aliphatic carboxylic acids is 1. The SMILES string of the molecule is O=C(O)C1Oc2ccccc2OC1c1ccccc1OCCN1CCOCC1. The number of hydrogen-bond acceptors (Lipinski definition) is 6. The zero-order valence-corrected chi connectivity index (χ0v) is 15.5. The lowest BCUT2D eigenvalue weighted by atomic mass is 10.0. The molecule has 0 amide bonds. The van der Waals surface area contributed by atoms with Crippen molar-refractivity contribution in [3.8, 4) is 17.2 Å². The van der Waals surface area contributed by atoms with Gasteiger partial charge in [0.2, 0.25) is 6.10 Å². The number of nitrogens with zero attached hydrogens (tertiary/aromatic N) is 1. The second-order valence-electron chi connectivity index (χ2n) is 6.70. The van der Waals surface area contributed by atoms with E-state index in [0.717, 1.165) is 32.8 Å². The van der Waals surface area contributed by atoms with Crippen molar-refractivity contribution in [3.05, 3.63) is 54.1 Å². The van der Waals surface area contributed by atoms with Gasteiger partial charge in [0.05, 0.1) is 13.2 Å². The summed E-state index contributed by atoms with van der Waals surface area (Å²) in [7, 11) is 0. The van der Waals surface area contributed by atoms with Crippen LogP contribution in [0.4, 0.5) is 0 Å². The van der Waals surface area contributed by atoms with Crippen LogP contribution in [0.3, 0.4) is 0 Å². The molecule has 7 nitrogen and oxygen atoms in total.